The monoisotopic (exact) mass is 278 g/mol. The van der Waals surface area contributed by atoms with Crippen molar-refractivity contribution in [1.29, 1.82) is 0 Å². The van der Waals surface area contributed by atoms with Gasteiger partial charge in [-0.15, -0.1) is 0 Å². The highest BCUT2D eigenvalue weighted by molar-refractivity contribution is 5.95. The van der Waals surface area contributed by atoms with Crippen molar-refractivity contribution in [3.63, 3.8) is 0 Å². The number of hydrogen-bond acceptors (Lipinski definition) is 5. The molecular formula is C14H22N4O2. The van der Waals surface area contributed by atoms with E-state index in [2.05, 4.69) is 10.4 Å². The fourth-order valence-electron chi connectivity index (χ4n) is 2.44. The van der Waals surface area contributed by atoms with Crippen LogP contribution in [0.1, 0.15) is 35.8 Å². The highest BCUT2D eigenvalue weighted by atomic mass is 16.5. The minimum absolute atomic E-state index is 0.00926. The van der Waals surface area contributed by atoms with Crippen molar-refractivity contribution in [3.8, 4) is 0 Å². The van der Waals surface area contributed by atoms with Crippen molar-refractivity contribution in [2.24, 2.45) is 5.84 Å². The average molecular weight is 278 g/mol. The van der Waals surface area contributed by atoms with Crippen LogP contribution in [0.2, 0.25) is 0 Å². The van der Waals surface area contributed by atoms with Crippen LogP contribution in [0.3, 0.4) is 0 Å². The maximum Gasteiger partial charge on any atom is 0.254 e. The predicted molar refractivity (Wildman–Crippen MR) is 77.3 cm³/mol. The highest BCUT2D eigenvalue weighted by Crippen LogP contribution is 2.16. The van der Waals surface area contributed by atoms with E-state index >= 15 is 0 Å². The Kier molecular flexibility index (Phi) is 4.92. The zero-order valence-corrected chi connectivity index (χ0v) is 12.1. The zero-order valence-electron chi connectivity index (χ0n) is 12.1. The van der Waals surface area contributed by atoms with E-state index in [0.717, 1.165) is 25.1 Å². The summed E-state index contributed by atoms with van der Waals surface area (Å²) in [5.74, 6) is 5.86. The van der Waals surface area contributed by atoms with Crippen molar-refractivity contribution >= 4 is 11.7 Å². The van der Waals surface area contributed by atoms with Gasteiger partial charge in [0.05, 0.1) is 6.10 Å². The lowest BCUT2D eigenvalue weighted by Crippen LogP contribution is -2.37. The molecule has 0 spiro atoms. The quantitative estimate of drug-likeness (QED) is 0.627. The van der Waals surface area contributed by atoms with Gasteiger partial charge in [-0.2, -0.15) is 0 Å². The van der Waals surface area contributed by atoms with Crippen LogP contribution in [0.15, 0.2) is 12.1 Å². The Morgan fingerprint density at radius 1 is 1.60 bits per heavy atom. The van der Waals surface area contributed by atoms with Crippen molar-refractivity contribution < 1.29 is 9.53 Å². The standard InChI is InChI=1S/C14H22N4O2/c1-3-18(9-12-5-4-6-20-12)14(19)11-7-10(2)16-13(8-11)17-15/h7-8,12H,3-6,9,15H2,1-2H3,(H,16,17). The van der Waals surface area contributed by atoms with Gasteiger partial charge in [0.2, 0.25) is 0 Å². The van der Waals surface area contributed by atoms with Gasteiger partial charge in [-0.05, 0) is 38.8 Å². The number of nitrogens with zero attached hydrogens (tertiary/aromatic N) is 2. The second kappa shape index (κ2) is 6.67. The molecule has 2 rings (SSSR count). The van der Waals surface area contributed by atoms with Gasteiger partial charge in [0.15, 0.2) is 0 Å². The third-order valence-electron chi connectivity index (χ3n) is 3.47. The number of hydrogen-bond donors (Lipinski definition) is 2. The van der Waals surface area contributed by atoms with Crippen LogP contribution in [0.5, 0.6) is 0 Å². The van der Waals surface area contributed by atoms with Crippen LogP contribution >= 0.6 is 0 Å². The number of aryl methyl sites for hydroxylation is 1. The Bertz CT molecular complexity index is 472. The lowest BCUT2D eigenvalue weighted by atomic mass is 10.1. The molecule has 2 heterocycles. The molecule has 1 atom stereocenters. The molecule has 1 aromatic rings. The second-order valence-electron chi connectivity index (χ2n) is 5.01. The summed E-state index contributed by atoms with van der Waals surface area (Å²) in [7, 11) is 0. The molecule has 6 heteroatoms. The number of carbonyl (C=O) groups excluding carboxylic acids is 1. The fraction of sp³-hybridized carbons (Fsp3) is 0.571. The van der Waals surface area contributed by atoms with Gasteiger partial charge in [0, 0.05) is 31.0 Å². The number of carbonyl (C=O) groups is 1. The molecule has 0 aliphatic carbocycles. The van der Waals surface area contributed by atoms with Crippen LogP contribution in [0, 0.1) is 6.92 Å². The molecule has 0 saturated carbocycles. The van der Waals surface area contributed by atoms with Crippen LogP contribution in [0.25, 0.3) is 0 Å². The van der Waals surface area contributed by atoms with Crippen molar-refractivity contribution in [2.45, 2.75) is 32.8 Å². The fourth-order valence-corrected chi connectivity index (χ4v) is 2.44. The van der Waals surface area contributed by atoms with Gasteiger partial charge in [-0.3, -0.25) is 4.79 Å². The predicted octanol–water partition coefficient (Wildman–Crippen LogP) is 1.32. The van der Waals surface area contributed by atoms with Gasteiger partial charge in [-0.1, -0.05) is 0 Å². The molecule has 1 unspecified atom stereocenters. The molecule has 3 N–H and O–H groups in total. The summed E-state index contributed by atoms with van der Waals surface area (Å²) in [6.45, 7) is 5.91. The summed E-state index contributed by atoms with van der Waals surface area (Å²) in [4.78, 5) is 18.6. The number of amides is 1. The van der Waals surface area contributed by atoms with Crippen LogP contribution in [-0.2, 0) is 4.74 Å². The third kappa shape index (κ3) is 3.46. The topological polar surface area (TPSA) is 80.5 Å². The van der Waals surface area contributed by atoms with E-state index < -0.39 is 0 Å². The molecule has 110 valence electrons. The SMILES string of the molecule is CCN(CC1CCCO1)C(=O)c1cc(C)nc(NN)c1. The normalized spacial score (nSPS) is 18.1. The molecule has 1 saturated heterocycles. The van der Waals surface area contributed by atoms with Crippen molar-refractivity contribution in [1.82, 2.24) is 9.88 Å². The minimum Gasteiger partial charge on any atom is -0.376 e. The number of anilines is 1. The van der Waals surface area contributed by atoms with E-state index in [9.17, 15) is 4.79 Å². The van der Waals surface area contributed by atoms with E-state index in [-0.39, 0.29) is 12.0 Å². The number of nitrogens with two attached hydrogens (primary N) is 1. The summed E-state index contributed by atoms with van der Waals surface area (Å²) >= 11 is 0. The smallest absolute Gasteiger partial charge is 0.254 e. The largest absolute Gasteiger partial charge is 0.376 e. The number of aromatic nitrogens is 1. The summed E-state index contributed by atoms with van der Waals surface area (Å²) < 4.78 is 5.60. The molecule has 1 aliphatic heterocycles. The third-order valence-corrected chi connectivity index (χ3v) is 3.47. The summed E-state index contributed by atoms with van der Waals surface area (Å²) in [6.07, 6.45) is 2.26. The van der Waals surface area contributed by atoms with Crippen LogP contribution in [-0.4, -0.2) is 41.6 Å². The molecular weight excluding hydrogens is 256 g/mol. The average Bonchev–Trinajstić information content (AvgIpc) is 2.96. The van der Waals surface area contributed by atoms with E-state index in [1.807, 2.05) is 18.7 Å². The first-order chi connectivity index (χ1) is 9.63. The number of nitrogens with one attached hydrogen (secondary N) is 1. The van der Waals surface area contributed by atoms with E-state index in [0.29, 0.717) is 24.5 Å². The van der Waals surface area contributed by atoms with Gasteiger partial charge < -0.3 is 15.1 Å². The molecule has 6 nitrogen and oxygen atoms in total. The highest BCUT2D eigenvalue weighted by Gasteiger charge is 2.22. The maximum absolute atomic E-state index is 12.6. The number of hydrazine groups is 1. The van der Waals surface area contributed by atoms with Gasteiger partial charge >= 0.3 is 0 Å². The summed E-state index contributed by atoms with van der Waals surface area (Å²) in [5, 5.41) is 0. The number of likely N-dealkylation sites (N-methyl/N-ethyl adjacent to an activating group) is 1. The lowest BCUT2D eigenvalue weighted by molar-refractivity contribution is 0.0539. The molecule has 1 fully saturated rings. The summed E-state index contributed by atoms with van der Waals surface area (Å²) in [5.41, 5.74) is 3.85. The Morgan fingerprint density at radius 3 is 3.00 bits per heavy atom. The molecule has 0 bridgehead atoms. The van der Waals surface area contributed by atoms with Crippen LogP contribution in [0.4, 0.5) is 5.82 Å². The van der Waals surface area contributed by atoms with Crippen LogP contribution < -0.4 is 11.3 Å². The Morgan fingerprint density at radius 2 is 2.40 bits per heavy atom. The molecule has 1 aliphatic rings. The Balaban J connectivity index is 2.12. The molecule has 1 amide bonds. The first kappa shape index (κ1) is 14.7. The van der Waals surface area contributed by atoms with Crippen molar-refractivity contribution in [3.05, 3.63) is 23.4 Å². The number of pyridine rings is 1. The molecule has 0 radical (unpaired) electrons. The zero-order chi connectivity index (χ0) is 14.5. The summed E-state index contributed by atoms with van der Waals surface area (Å²) in [6, 6.07) is 3.45. The second-order valence-corrected chi connectivity index (χ2v) is 5.01. The maximum atomic E-state index is 12.6. The lowest BCUT2D eigenvalue weighted by Gasteiger charge is -2.24. The number of rotatable bonds is 5. The number of ether oxygens (including phenoxy) is 1. The van der Waals surface area contributed by atoms with Gasteiger partial charge in [-0.25, -0.2) is 10.8 Å². The van der Waals surface area contributed by atoms with Gasteiger partial charge in [0.1, 0.15) is 5.82 Å². The Labute approximate surface area is 119 Å². The van der Waals surface area contributed by atoms with Crippen molar-refractivity contribution in [2.75, 3.05) is 25.1 Å². The first-order valence-corrected chi connectivity index (χ1v) is 7.00. The van der Waals surface area contributed by atoms with E-state index in [1.54, 1.807) is 12.1 Å². The van der Waals surface area contributed by atoms with E-state index in [1.165, 1.54) is 0 Å². The number of nitrogen functional groups attached to an aromatic ring is 1. The van der Waals surface area contributed by atoms with Gasteiger partial charge in [0.25, 0.3) is 5.91 Å². The molecule has 1 aromatic heterocycles. The Hall–Kier alpha value is -1.66. The van der Waals surface area contributed by atoms with E-state index in [4.69, 9.17) is 10.6 Å². The minimum atomic E-state index is -0.00926. The molecule has 20 heavy (non-hydrogen) atoms. The molecule has 0 aromatic carbocycles. The first-order valence-electron chi connectivity index (χ1n) is 7.00.